The fourth-order valence-electron chi connectivity index (χ4n) is 2.74. The highest BCUT2D eigenvalue weighted by molar-refractivity contribution is 6.01. The quantitative estimate of drug-likeness (QED) is 0.528. The molecule has 0 atom stereocenters. The van der Waals surface area contributed by atoms with Crippen LogP contribution in [0, 0.1) is 0 Å². The summed E-state index contributed by atoms with van der Waals surface area (Å²) in [5, 5.41) is 5.56. The summed E-state index contributed by atoms with van der Waals surface area (Å²) >= 11 is 0. The van der Waals surface area contributed by atoms with E-state index in [9.17, 15) is 4.79 Å². The van der Waals surface area contributed by atoms with Crippen LogP contribution < -0.4 is 15.4 Å². The maximum absolute atomic E-state index is 12.3. The Bertz CT molecular complexity index is 1090. The molecule has 6 nitrogen and oxygen atoms in total. The van der Waals surface area contributed by atoms with Gasteiger partial charge >= 0.3 is 6.03 Å². The number of carbonyl (C=O) groups is 1. The Morgan fingerprint density at radius 1 is 0.963 bits per heavy atom. The van der Waals surface area contributed by atoms with Crippen molar-refractivity contribution in [2.45, 2.75) is 0 Å². The van der Waals surface area contributed by atoms with Crippen molar-refractivity contribution in [1.82, 2.24) is 4.98 Å². The maximum atomic E-state index is 12.3. The summed E-state index contributed by atoms with van der Waals surface area (Å²) in [4.78, 5) is 16.8. The van der Waals surface area contributed by atoms with Gasteiger partial charge in [0.05, 0.1) is 12.8 Å². The molecule has 4 aromatic rings. The molecule has 134 valence electrons. The van der Waals surface area contributed by atoms with Crippen molar-refractivity contribution in [3.05, 3.63) is 72.8 Å². The first kappa shape index (κ1) is 16.7. The number of para-hydroxylation sites is 2. The van der Waals surface area contributed by atoms with Crippen LogP contribution >= 0.6 is 0 Å². The van der Waals surface area contributed by atoms with Crippen molar-refractivity contribution in [2.75, 3.05) is 17.7 Å². The molecule has 0 unspecified atom stereocenters. The molecule has 27 heavy (non-hydrogen) atoms. The predicted molar refractivity (Wildman–Crippen MR) is 105 cm³/mol. The van der Waals surface area contributed by atoms with Crippen LogP contribution in [0.2, 0.25) is 0 Å². The minimum atomic E-state index is -0.373. The number of ether oxygens (including phenoxy) is 1. The molecule has 0 fully saturated rings. The summed E-state index contributed by atoms with van der Waals surface area (Å²) in [6.07, 6.45) is 0. The molecule has 6 heteroatoms. The maximum Gasteiger partial charge on any atom is 0.323 e. The summed E-state index contributed by atoms with van der Waals surface area (Å²) < 4.78 is 11.1. The highest BCUT2D eigenvalue weighted by Gasteiger charge is 2.11. The van der Waals surface area contributed by atoms with Gasteiger partial charge in [-0.25, -0.2) is 9.78 Å². The normalized spacial score (nSPS) is 10.6. The second-order valence-electron chi connectivity index (χ2n) is 5.85. The molecule has 0 aliphatic rings. The number of methoxy groups -OCH3 is 1. The topological polar surface area (TPSA) is 76.4 Å². The van der Waals surface area contributed by atoms with Gasteiger partial charge in [-0.1, -0.05) is 30.3 Å². The van der Waals surface area contributed by atoms with Crippen molar-refractivity contribution >= 4 is 28.5 Å². The number of amides is 2. The Balaban J connectivity index is 1.53. The Morgan fingerprint density at radius 2 is 1.74 bits per heavy atom. The first-order chi connectivity index (χ1) is 13.2. The number of nitrogens with one attached hydrogen (secondary N) is 2. The van der Waals surface area contributed by atoms with E-state index in [1.54, 1.807) is 31.4 Å². The third kappa shape index (κ3) is 3.59. The zero-order chi connectivity index (χ0) is 18.6. The molecule has 3 aromatic carbocycles. The van der Waals surface area contributed by atoms with Gasteiger partial charge in [-0.15, -0.1) is 0 Å². The number of oxazole rings is 1. The van der Waals surface area contributed by atoms with E-state index in [0.717, 1.165) is 11.1 Å². The molecule has 1 aromatic heterocycles. The lowest BCUT2D eigenvalue weighted by Crippen LogP contribution is -2.19. The van der Waals surface area contributed by atoms with Crippen LogP contribution in [0.25, 0.3) is 22.6 Å². The number of fused-ring (bicyclic) bond motifs is 1. The van der Waals surface area contributed by atoms with Crippen molar-refractivity contribution in [1.29, 1.82) is 0 Å². The monoisotopic (exact) mass is 359 g/mol. The molecule has 0 bridgehead atoms. The lowest BCUT2D eigenvalue weighted by molar-refractivity contribution is 0.262. The van der Waals surface area contributed by atoms with Crippen LogP contribution in [0.1, 0.15) is 0 Å². The second-order valence-corrected chi connectivity index (χ2v) is 5.85. The number of hydrogen-bond donors (Lipinski definition) is 2. The highest BCUT2D eigenvalue weighted by Crippen LogP contribution is 2.27. The van der Waals surface area contributed by atoms with E-state index in [0.29, 0.717) is 28.6 Å². The lowest BCUT2D eigenvalue weighted by atomic mass is 10.2. The fourth-order valence-corrected chi connectivity index (χ4v) is 2.74. The Kier molecular flexibility index (Phi) is 4.45. The van der Waals surface area contributed by atoms with Crippen LogP contribution in [0.3, 0.4) is 0 Å². The first-order valence-corrected chi connectivity index (χ1v) is 8.40. The van der Waals surface area contributed by atoms with Crippen molar-refractivity contribution in [3.8, 4) is 17.2 Å². The van der Waals surface area contributed by atoms with E-state index < -0.39 is 0 Å². The van der Waals surface area contributed by atoms with Crippen molar-refractivity contribution < 1.29 is 13.9 Å². The minimum absolute atomic E-state index is 0.373. The predicted octanol–water partition coefficient (Wildman–Crippen LogP) is 5.15. The number of hydrogen-bond acceptors (Lipinski definition) is 4. The van der Waals surface area contributed by atoms with Gasteiger partial charge in [0.15, 0.2) is 5.58 Å². The number of carbonyl (C=O) groups excluding carboxylic acids is 1. The Hall–Kier alpha value is -3.80. The van der Waals surface area contributed by atoms with Gasteiger partial charge in [0, 0.05) is 17.3 Å². The SMILES string of the molecule is COc1ccccc1NC(=O)Nc1ccc2nc(-c3ccccc3)oc2c1. The van der Waals surface area contributed by atoms with Gasteiger partial charge in [-0.2, -0.15) is 0 Å². The smallest absolute Gasteiger partial charge is 0.323 e. The second kappa shape index (κ2) is 7.21. The molecule has 2 amide bonds. The van der Waals surface area contributed by atoms with Crippen LogP contribution in [-0.2, 0) is 0 Å². The molecule has 1 heterocycles. The van der Waals surface area contributed by atoms with Gasteiger partial charge in [0.2, 0.25) is 5.89 Å². The molecule has 0 aliphatic heterocycles. The average Bonchev–Trinajstić information content (AvgIpc) is 3.12. The Labute approximate surface area is 155 Å². The van der Waals surface area contributed by atoms with Crippen molar-refractivity contribution in [3.63, 3.8) is 0 Å². The number of rotatable bonds is 4. The van der Waals surface area contributed by atoms with Gasteiger partial charge < -0.3 is 19.8 Å². The van der Waals surface area contributed by atoms with Gasteiger partial charge in [-0.3, -0.25) is 0 Å². The van der Waals surface area contributed by atoms with Crippen LogP contribution in [-0.4, -0.2) is 18.1 Å². The standard InChI is InChI=1S/C21H17N3O3/c1-26-18-10-6-5-9-16(18)24-21(25)22-15-11-12-17-19(13-15)27-20(23-17)14-7-3-2-4-8-14/h2-13H,1H3,(H2,22,24,25). The van der Waals surface area contributed by atoms with Crippen LogP contribution in [0.5, 0.6) is 5.75 Å². The third-order valence-electron chi connectivity index (χ3n) is 4.02. The molecule has 0 spiro atoms. The lowest BCUT2D eigenvalue weighted by Gasteiger charge is -2.10. The molecule has 2 N–H and O–H groups in total. The van der Waals surface area contributed by atoms with Crippen LogP contribution in [0.4, 0.5) is 16.2 Å². The number of aromatic nitrogens is 1. The van der Waals surface area contributed by atoms with E-state index in [-0.39, 0.29) is 6.03 Å². The van der Waals surface area contributed by atoms with Crippen LogP contribution in [0.15, 0.2) is 77.2 Å². The fraction of sp³-hybridized carbons (Fsp3) is 0.0476. The molecule has 0 saturated heterocycles. The molecular weight excluding hydrogens is 342 g/mol. The summed E-state index contributed by atoms with van der Waals surface area (Å²) in [7, 11) is 1.56. The summed E-state index contributed by atoms with van der Waals surface area (Å²) in [5.74, 6) is 1.13. The summed E-state index contributed by atoms with van der Waals surface area (Å²) in [6.45, 7) is 0. The summed E-state index contributed by atoms with van der Waals surface area (Å²) in [5.41, 5.74) is 3.42. The number of benzene rings is 3. The third-order valence-corrected chi connectivity index (χ3v) is 4.02. The first-order valence-electron chi connectivity index (χ1n) is 8.40. The minimum Gasteiger partial charge on any atom is -0.495 e. The van der Waals surface area contributed by atoms with Gasteiger partial charge in [-0.05, 0) is 36.4 Å². The molecular formula is C21H17N3O3. The van der Waals surface area contributed by atoms with E-state index in [4.69, 9.17) is 9.15 Å². The van der Waals surface area contributed by atoms with E-state index in [1.165, 1.54) is 0 Å². The molecule has 0 aliphatic carbocycles. The van der Waals surface area contributed by atoms with Crippen molar-refractivity contribution in [2.24, 2.45) is 0 Å². The van der Waals surface area contributed by atoms with Gasteiger partial charge in [0.25, 0.3) is 0 Å². The molecule has 0 saturated carbocycles. The zero-order valence-corrected chi connectivity index (χ0v) is 14.6. The largest absolute Gasteiger partial charge is 0.495 e. The van der Waals surface area contributed by atoms with E-state index >= 15 is 0 Å². The zero-order valence-electron chi connectivity index (χ0n) is 14.6. The molecule has 4 rings (SSSR count). The molecule has 0 radical (unpaired) electrons. The van der Waals surface area contributed by atoms with E-state index in [1.807, 2.05) is 48.5 Å². The van der Waals surface area contributed by atoms with Gasteiger partial charge in [0.1, 0.15) is 11.3 Å². The van der Waals surface area contributed by atoms with E-state index in [2.05, 4.69) is 15.6 Å². The number of urea groups is 1. The highest BCUT2D eigenvalue weighted by atomic mass is 16.5. The number of nitrogens with zero attached hydrogens (tertiary/aromatic N) is 1. The summed E-state index contributed by atoms with van der Waals surface area (Å²) in [6, 6.07) is 21.8. The number of anilines is 2. The average molecular weight is 359 g/mol. The Morgan fingerprint density at radius 3 is 2.56 bits per heavy atom.